The molecule has 3 aromatic rings. The van der Waals surface area contributed by atoms with Crippen molar-refractivity contribution in [2.24, 2.45) is 0 Å². The van der Waals surface area contributed by atoms with Crippen LogP contribution >= 0.6 is 0 Å². The van der Waals surface area contributed by atoms with Crippen molar-refractivity contribution in [2.75, 3.05) is 19.0 Å². The number of aromatic nitrogens is 1. The van der Waals surface area contributed by atoms with Gasteiger partial charge in [0.1, 0.15) is 11.8 Å². The Morgan fingerprint density at radius 1 is 1.14 bits per heavy atom. The molecule has 6 heteroatoms. The van der Waals surface area contributed by atoms with Gasteiger partial charge in [0.25, 0.3) is 5.91 Å². The van der Waals surface area contributed by atoms with Crippen LogP contribution in [0.5, 0.6) is 5.75 Å². The van der Waals surface area contributed by atoms with E-state index in [2.05, 4.69) is 21.7 Å². The van der Waals surface area contributed by atoms with Gasteiger partial charge in [0.15, 0.2) is 0 Å². The van der Waals surface area contributed by atoms with Crippen molar-refractivity contribution in [2.45, 2.75) is 6.42 Å². The summed E-state index contributed by atoms with van der Waals surface area (Å²) in [5.41, 5.74) is 3.31. The molecule has 1 aromatic heterocycles. The maximum atomic E-state index is 12.5. The molecule has 0 aliphatic heterocycles. The van der Waals surface area contributed by atoms with Gasteiger partial charge in [0, 0.05) is 12.7 Å². The topological polar surface area (TPSA) is 87.0 Å². The number of hydrogen-bond acceptors (Lipinski definition) is 5. The maximum Gasteiger partial charge on any atom is 0.252 e. The average molecular weight is 372 g/mol. The van der Waals surface area contributed by atoms with Gasteiger partial charge in [-0.25, -0.2) is 0 Å². The lowest BCUT2D eigenvalue weighted by Gasteiger charge is -2.11. The number of rotatable bonds is 7. The number of benzene rings is 2. The minimum absolute atomic E-state index is 0.209. The van der Waals surface area contributed by atoms with Crippen LogP contribution in [-0.4, -0.2) is 24.5 Å². The normalized spacial score (nSPS) is 10.0. The number of anilines is 2. The van der Waals surface area contributed by atoms with Gasteiger partial charge in [-0.15, -0.1) is 0 Å². The first-order valence-corrected chi connectivity index (χ1v) is 8.82. The van der Waals surface area contributed by atoms with Crippen molar-refractivity contribution in [3.05, 3.63) is 83.7 Å². The van der Waals surface area contributed by atoms with Crippen molar-refractivity contribution >= 4 is 17.3 Å². The van der Waals surface area contributed by atoms with E-state index in [1.165, 1.54) is 6.20 Å². The molecule has 140 valence electrons. The highest BCUT2D eigenvalue weighted by atomic mass is 16.5. The zero-order valence-corrected chi connectivity index (χ0v) is 15.5. The molecule has 1 amide bonds. The highest BCUT2D eigenvalue weighted by molar-refractivity contribution is 5.94. The zero-order valence-electron chi connectivity index (χ0n) is 15.5. The van der Waals surface area contributed by atoms with Crippen molar-refractivity contribution in [3.63, 3.8) is 0 Å². The molecule has 0 radical (unpaired) electrons. The largest absolute Gasteiger partial charge is 0.496 e. The van der Waals surface area contributed by atoms with Crippen molar-refractivity contribution in [3.8, 4) is 11.8 Å². The molecule has 0 unspecified atom stereocenters. The van der Waals surface area contributed by atoms with Gasteiger partial charge in [0.2, 0.25) is 0 Å². The van der Waals surface area contributed by atoms with Gasteiger partial charge < -0.3 is 15.4 Å². The van der Waals surface area contributed by atoms with Crippen LogP contribution in [0.3, 0.4) is 0 Å². The number of nitriles is 1. The van der Waals surface area contributed by atoms with Crippen molar-refractivity contribution < 1.29 is 9.53 Å². The monoisotopic (exact) mass is 372 g/mol. The van der Waals surface area contributed by atoms with Gasteiger partial charge in [-0.05, 0) is 36.2 Å². The number of amides is 1. The quantitative estimate of drug-likeness (QED) is 0.661. The second-order valence-corrected chi connectivity index (χ2v) is 6.06. The molecule has 2 aromatic carbocycles. The molecule has 6 nitrogen and oxygen atoms in total. The number of pyridine rings is 1. The van der Waals surface area contributed by atoms with Crippen LogP contribution in [0.25, 0.3) is 0 Å². The summed E-state index contributed by atoms with van der Waals surface area (Å²) in [6.45, 7) is 0.480. The maximum absolute atomic E-state index is 12.5. The van der Waals surface area contributed by atoms with Gasteiger partial charge >= 0.3 is 0 Å². The van der Waals surface area contributed by atoms with Crippen LogP contribution in [0, 0.1) is 11.3 Å². The van der Waals surface area contributed by atoms with E-state index in [9.17, 15) is 10.1 Å². The number of methoxy groups -OCH3 is 1. The summed E-state index contributed by atoms with van der Waals surface area (Å²) in [7, 11) is 1.63. The van der Waals surface area contributed by atoms with E-state index in [1.807, 2.05) is 30.3 Å². The second-order valence-electron chi connectivity index (χ2n) is 6.06. The molecule has 0 spiro atoms. The SMILES string of the molecule is COc1ccccc1CCNC(=O)c1cncc(Nc2ccccc2C#N)c1. The van der Waals surface area contributed by atoms with Crippen LogP contribution in [0.15, 0.2) is 67.0 Å². The third kappa shape index (κ3) is 4.65. The summed E-state index contributed by atoms with van der Waals surface area (Å²) in [5.74, 6) is 0.598. The smallest absolute Gasteiger partial charge is 0.252 e. The molecule has 1 heterocycles. The van der Waals surface area contributed by atoms with E-state index in [4.69, 9.17) is 4.74 Å². The van der Waals surface area contributed by atoms with Crippen LogP contribution < -0.4 is 15.4 Å². The van der Waals surface area contributed by atoms with Crippen molar-refractivity contribution in [1.29, 1.82) is 5.26 Å². The Kier molecular flexibility index (Phi) is 6.21. The number of hydrogen-bond donors (Lipinski definition) is 2. The summed E-state index contributed by atoms with van der Waals surface area (Å²) >= 11 is 0. The lowest BCUT2D eigenvalue weighted by molar-refractivity contribution is 0.0953. The third-order valence-corrected chi connectivity index (χ3v) is 4.20. The molecular formula is C22H20N4O2. The minimum atomic E-state index is -0.209. The Hall–Kier alpha value is -3.85. The average Bonchev–Trinajstić information content (AvgIpc) is 2.74. The molecule has 0 saturated carbocycles. The minimum Gasteiger partial charge on any atom is -0.496 e. The van der Waals surface area contributed by atoms with E-state index >= 15 is 0 Å². The number of para-hydroxylation sites is 2. The van der Waals surface area contributed by atoms with Gasteiger partial charge in [-0.1, -0.05) is 30.3 Å². The van der Waals surface area contributed by atoms with E-state index in [0.29, 0.717) is 35.5 Å². The van der Waals surface area contributed by atoms with E-state index in [1.54, 1.807) is 37.6 Å². The fourth-order valence-corrected chi connectivity index (χ4v) is 2.80. The van der Waals surface area contributed by atoms with Crippen LogP contribution in [-0.2, 0) is 6.42 Å². The van der Waals surface area contributed by atoms with Gasteiger partial charge in [-0.3, -0.25) is 9.78 Å². The molecule has 0 fully saturated rings. The summed E-state index contributed by atoms with van der Waals surface area (Å²) in [5, 5.41) is 15.2. The number of ether oxygens (including phenoxy) is 1. The standard InChI is InChI=1S/C22H20N4O2/c1-28-21-9-5-3-6-16(21)10-11-25-22(27)18-12-19(15-24-14-18)26-20-8-4-2-7-17(20)13-23/h2-9,12,14-15,26H,10-11H2,1H3,(H,25,27). The lowest BCUT2D eigenvalue weighted by Crippen LogP contribution is -2.26. The fourth-order valence-electron chi connectivity index (χ4n) is 2.80. The molecule has 0 atom stereocenters. The highest BCUT2D eigenvalue weighted by Gasteiger charge is 2.09. The third-order valence-electron chi connectivity index (χ3n) is 4.20. The van der Waals surface area contributed by atoms with E-state index in [0.717, 1.165) is 11.3 Å². The summed E-state index contributed by atoms with van der Waals surface area (Å²) in [4.78, 5) is 16.6. The number of carbonyl (C=O) groups is 1. The number of nitrogens with one attached hydrogen (secondary N) is 2. The Bertz CT molecular complexity index is 1010. The first kappa shape index (κ1) is 18.9. The molecular weight excluding hydrogens is 352 g/mol. The summed E-state index contributed by atoms with van der Waals surface area (Å²) < 4.78 is 5.32. The van der Waals surface area contributed by atoms with Gasteiger partial charge in [-0.2, -0.15) is 5.26 Å². The summed E-state index contributed by atoms with van der Waals surface area (Å²) in [6, 6.07) is 18.7. The summed E-state index contributed by atoms with van der Waals surface area (Å²) in [6.07, 6.45) is 3.79. The second kappa shape index (κ2) is 9.19. The van der Waals surface area contributed by atoms with E-state index in [-0.39, 0.29) is 5.91 Å². The number of nitrogens with zero attached hydrogens (tertiary/aromatic N) is 2. The molecule has 28 heavy (non-hydrogen) atoms. The Balaban J connectivity index is 1.63. The molecule has 3 rings (SSSR count). The van der Waals surface area contributed by atoms with E-state index < -0.39 is 0 Å². The molecule has 2 N–H and O–H groups in total. The predicted octanol–water partition coefficient (Wildman–Crippen LogP) is 3.68. The first-order valence-electron chi connectivity index (χ1n) is 8.82. The van der Waals surface area contributed by atoms with Crippen LogP contribution in [0.2, 0.25) is 0 Å². The highest BCUT2D eigenvalue weighted by Crippen LogP contribution is 2.20. The van der Waals surface area contributed by atoms with Crippen molar-refractivity contribution in [1.82, 2.24) is 10.3 Å². The first-order chi connectivity index (χ1) is 13.7. The molecule has 0 aliphatic carbocycles. The Labute approximate surface area is 163 Å². The molecule has 0 bridgehead atoms. The molecule has 0 aliphatic rings. The van der Waals surface area contributed by atoms with Gasteiger partial charge in [0.05, 0.1) is 35.8 Å². The fraction of sp³-hybridized carbons (Fsp3) is 0.136. The Morgan fingerprint density at radius 2 is 1.93 bits per heavy atom. The zero-order chi connectivity index (χ0) is 19.8. The molecule has 0 saturated heterocycles. The van der Waals surface area contributed by atoms with Crippen LogP contribution in [0.4, 0.5) is 11.4 Å². The predicted molar refractivity (Wildman–Crippen MR) is 108 cm³/mol. The number of carbonyl (C=O) groups excluding carboxylic acids is 1. The lowest BCUT2D eigenvalue weighted by atomic mass is 10.1. The van der Waals surface area contributed by atoms with Crippen LogP contribution in [0.1, 0.15) is 21.5 Å². The Morgan fingerprint density at radius 3 is 2.75 bits per heavy atom.